The molecule has 1 aliphatic carbocycles. The quantitative estimate of drug-likeness (QED) is 0.817. The summed E-state index contributed by atoms with van der Waals surface area (Å²) >= 11 is 0. The number of anilines is 1. The van der Waals surface area contributed by atoms with E-state index in [2.05, 4.69) is 5.32 Å². The number of para-hydroxylation sites is 1. The summed E-state index contributed by atoms with van der Waals surface area (Å²) < 4.78 is 0. The average Bonchev–Trinajstić information content (AvgIpc) is 2.92. The van der Waals surface area contributed by atoms with Crippen LogP contribution in [0, 0.1) is 0 Å². The summed E-state index contributed by atoms with van der Waals surface area (Å²) in [5.74, 6) is 0.0456. The summed E-state index contributed by atoms with van der Waals surface area (Å²) in [6.45, 7) is 0.828. The third-order valence-corrected chi connectivity index (χ3v) is 3.55. The molecule has 19 heavy (non-hydrogen) atoms. The maximum atomic E-state index is 12.0. The molecule has 1 aromatic rings. The molecule has 2 rings (SSSR count). The van der Waals surface area contributed by atoms with Crippen molar-refractivity contribution in [1.82, 2.24) is 5.32 Å². The first-order valence-corrected chi connectivity index (χ1v) is 7.00. The Kier molecular flexibility index (Phi) is 5.21. The number of carbonyl (C=O) groups excluding carboxylic acids is 1. The number of carbonyl (C=O) groups is 1. The lowest BCUT2D eigenvalue weighted by atomic mass is 10.2. The second kappa shape index (κ2) is 7.14. The largest absolute Gasteiger partial charge is 0.395 e. The highest BCUT2D eigenvalue weighted by Gasteiger charge is 2.18. The maximum absolute atomic E-state index is 12.0. The van der Waals surface area contributed by atoms with Crippen LogP contribution in [0.25, 0.3) is 0 Å². The van der Waals surface area contributed by atoms with E-state index in [9.17, 15) is 4.79 Å². The monoisotopic (exact) mass is 262 g/mol. The normalized spacial score (nSPS) is 15.4. The lowest BCUT2D eigenvalue weighted by Crippen LogP contribution is -2.42. The Morgan fingerprint density at radius 1 is 1.26 bits per heavy atom. The van der Waals surface area contributed by atoms with Gasteiger partial charge in [-0.3, -0.25) is 4.79 Å². The Morgan fingerprint density at radius 3 is 2.58 bits per heavy atom. The van der Waals surface area contributed by atoms with Gasteiger partial charge < -0.3 is 15.3 Å². The van der Waals surface area contributed by atoms with Crippen LogP contribution in [0.2, 0.25) is 0 Å². The van der Waals surface area contributed by atoms with Gasteiger partial charge >= 0.3 is 0 Å². The number of amides is 1. The van der Waals surface area contributed by atoms with E-state index in [0.717, 1.165) is 18.5 Å². The lowest BCUT2D eigenvalue weighted by molar-refractivity contribution is -0.120. The van der Waals surface area contributed by atoms with Gasteiger partial charge in [0.25, 0.3) is 0 Å². The number of benzene rings is 1. The predicted molar refractivity (Wildman–Crippen MR) is 76.1 cm³/mol. The second-order valence-corrected chi connectivity index (χ2v) is 5.03. The van der Waals surface area contributed by atoms with E-state index in [1.807, 2.05) is 35.2 Å². The Balaban J connectivity index is 1.90. The predicted octanol–water partition coefficient (Wildman–Crippen LogP) is 1.54. The van der Waals surface area contributed by atoms with Gasteiger partial charge in [-0.1, -0.05) is 31.0 Å². The number of rotatable bonds is 6. The molecular weight excluding hydrogens is 240 g/mol. The van der Waals surface area contributed by atoms with Crippen molar-refractivity contribution in [3.05, 3.63) is 30.3 Å². The molecule has 2 N–H and O–H groups in total. The van der Waals surface area contributed by atoms with Crippen molar-refractivity contribution < 1.29 is 9.90 Å². The summed E-state index contributed by atoms with van der Waals surface area (Å²) in [6, 6.07) is 10.1. The van der Waals surface area contributed by atoms with Gasteiger partial charge in [-0.15, -0.1) is 0 Å². The molecule has 0 spiro atoms. The van der Waals surface area contributed by atoms with E-state index in [1.165, 1.54) is 12.8 Å². The van der Waals surface area contributed by atoms with Crippen molar-refractivity contribution in [3.63, 3.8) is 0 Å². The first kappa shape index (κ1) is 13.9. The fourth-order valence-electron chi connectivity index (χ4n) is 2.58. The van der Waals surface area contributed by atoms with Crippen molar-refractivity contribution >= 4 is 11.6 Å². The molecule has 1 amide bonds. The third kappa shape index (κ3) is 4.24. The molecular formula is C15H22N2O2. The van der Waals surface area contributed by atoms with Gasteiger partial charge in [-0.25, -0.2) is 0 Å². The molecule has 0 bridgehead atoms. The third-order valence-electron chi connectivity index (χ3n) is 3.55. The van der Waals surface area contributed by atoms with E-state index in [4.69, 9.17) is 5.11 Å². The smallest absolute Gasteiger partial charge is 0.239 e. The first-order valence-electron chi connectivity index (χ1n) is 7.00. The number of aliphatic hydroxyl groups is 1. The molecule has 1 aromatic carbocycles. The van der Waals surface area contributed by atoms with Crippen molar-refractivity contribution in [2.45, 2.75) is 31.7 Å². The molecule has 0 unspecified atom stereocenters. The van der Waals surface area contributed by atoms with Crippen LogP contribution in [-0.2, 0) is 4.79 Å². The molecule has 104 valence electrons. The summed E-state index contributed by atoms with van der Waals surface area (Å²) in [5, 5.41) is 12.2. The number of aliphatic hydroxyl groups excluding tert-OH is 1. The van der Waals surface area contributed by atoms with Crippen LogP contribution in [0.4, 0.5) is 5.69 Å². The van der Waals surface area contributed by atoms with Gasteiger partial charge in [0.05, 0.1) is 13.2 Å². The van der Waals surface area contributed by atoms with Crippen LogP contribution in [0.3, 0.4) is 0 Å². The summed E-state index contributed by atoms with van der Waals surface area (Å²) in [6.07, 6.45) is 4.61. The summed E-state index contributed by atoms with van der Waals surface area (Å²) in [4.78, 5) is 13.9. The van der Waals surface area contributed by atoms with Crippen LogP contribution in [-0.4, -0.2) is 36.8 Å². The molecule has 0 saturated heterocycles. The van der Waals surface area contributed by atoms with E-state index in [0.29, 0.717) is 19.1 Å². The van der Waals surface area contributed by atoms with Crippen molar-refractivity contribution in [1.29, 1.82) is 0 Å². The molecule has 1 aliphatic rings. The number of nitrogens with zero attached hydrogens (tertiary/aromatic N) is 1. The number of hydrogen-bond donors (Lipinski definition) is 2. The molecule has 0 atom stereocenters. The van der Waals surface area contributed by atoms with Gasteiger partial charge in [0.1, 0.15) is 0 Å². The number of nitrogens with one attached hydrogen (secondary N) is 1. The minimum Gasteiger partial charge on any atom is -0.395 e. The Morgan fingerprint density at radius 2 is 1.95 bits per heavy atom. The number of hydrogen-bond acceptors (Lipinski definition) is 3. The molecule has 4 nitrogen and oxygen atoms in total. The fraction of sp³-hybridized carbons (Fsp3) is 0.533. The van der Waals surface area contributed by atoms with E-state index >= 15 is 0 Å². The molecule has 0 radical (unpaired) electrons. The van der Waals surface area contributed by atoms with Gasteiger partial charge in [0.15, 0.2) is 0 Å². The Bertz CT molecular complexity index is 388. The van der Waals surface area contributed by atoms with Gasteiger partial charge in [0.2, 0.25) is 5.91 Å². The zero-order chi connectivity index (χ0) is 13.5. The lowest BCUT2D eigenvalue weighted by Gasteiger charge is -2.24. The fourth-order valence-corrected chi connectivity index (χ4v) is 2.58. The summed E-state index contributed by atoms with van der Waals surface area (Å²) in [7, 11) is 0. The van der Waals surface area contributed by atoms with Gasteiger partial charge in [-0.05, 0) is 25.0 Å². The van der Waals surface area contributed by atoms with Crippen LogP contribution in [0.5, 0.6) is 0 Å². The first-order chi connectivity index (χ1) is 9.29. The van der Waals surface area contributed by atoms with Crippen molar-refractivity contribution in [3.8, 4) is 0 Å². The van der Waals surface area contributed by atoms with Gasteiger partial charge in [-0.2, -0.15) is 0 Å². The Hall–Kier alpha value is -1.55. The topological polar surface area (TPSA) is 52.6 Å². The standard InChI is InChI=1S/C15H22N2O2/c18-11-10-17(14-8-2-1-3-9-14)12-15(19)16-13-6-4-5-7-13/h1-3,8-9,13,18H,4-7,10-12H2,(H,16,19). The molecule has 4 heteroatoms. The van der Waals surface area contributed by atoms with Crippen LogP contribution >= 0.6 is 0 Å². The Labute approximate surface area is 114 Å². The zero-order valence-corrected chi connectivity index (χ0v) is 11.2. The van der Waals surface area contributed by atoms with Crippen LogP contribution < -0.4 is 10.2 Å². The average molecular weight is 262 g/mol. The van der Waals surface area contributed by atoms with Crippen molar-refractivity contribution in [2.75, 3.05) is 24.6 Å². The maximum Gasteiger partial charge on any atom is 0.239 e. The highest BCUT2D eigenvalue weighted by Crippen LogP contribution is 2.18. The second-order valence-electron chi connectivity index (χ2n) is 5.03. The molecule has 1 saturated carbocycles. The van der Waals surface area contributed by atoms with E-state index in [-0.39, 0.29) is 12.5 Å². The minimum absolute atomic E-state index is 0.0456. The van der Waals surface area contributed by atoms with Crippen LogP contribution in [0.15, 0.2) is 30.3 Å². The minimum atomic E-state index is 0.0456. The highest BCUT2D eigenvalue weighted by atomic mass is 16.3. The van der Waals surface area contributed by atoms with Gasteiger partial charge in [0, 0.05) is 18.3 Å². The van der Waals surface area contributed by atoms with Crippen LogP contribution in [0.1, 0.15) is 25.7 Å². The molecule has 0 heterocycles. The highest BCUT2D eigenvalue weighted by molar-refractivity contribution is 5.81. The zero-order valence-electron chi connectivity index (χ0n) is 11.2. The summed E-state index contributed by atoms with van der Waals surface area (Å²) in [5.41, 5.74) is 0.970. The van der Waals surface area contributed by atoms with Crippen molar-refractivity contribution in [2.24, 2.45) is 0 Å². The molecule has 0 aromatic heterocycles. The van der Waals surface area contributed by atoms with E-state index in [1.54, 1.807) is 0 Å². The van der Waals surface area contributed by atoms with E-state index < -0.39 is 0 Å². The SMILES string of the molecule is O=C(CN(CCO)c1ccccc1)NC1CCCC1. The molecule has 1 fully saturated rings. The molecule has 0 aliphatic heterocycles.